The zero-order chi connectivity index (χ0) is 15.2. The van der Waals surface area contributed by atoms with Crippen molar-refractivity contribution in [3.8, 4) is 0 Å². The lowest BCUT2D eigenvalue weighted by Gasteiger charge is -2.14. The molecule has 0 aromatic heterocycles. The summed E-state index contributed by atoms with van der Waals surface area (Å²) >= 11 is 0. The van der Waals surface area contributed by atoms with E-state index in [4.69, 9.17) is 0 Å². The van der Waals surface area contributed by atoms with Crippen molar-refractivity contribution in [3.05, 3.63) is 29.6 Å². The van der Waals surface area contributed by atoms with E-state index in [1.54, 1.807) is 0 Å². The first-order chi connectivity index (χ1) is 9.36. The highest BCUT2D eigenvalue weighted by Crippen LogP contribution is 2.17. The minimum atomic E-state index is -3.70. The molecule has 0 saturated carbocycles. The highest BCUT2D eigenvalue weighted by Gasteiger charge is 2.18. The van der Waals surface area contributed by atoms with Crippen LogP contribution in [-0.2, 0) is 16.6 Å². The van der Waals surface area contributed by atoms with Gasteiger partial charge in [-0.15, -0.1) is 0 Å². The smallest absolute Gasteiger partial charge is 0.241 e. The van der Waals surface area contributed by atoms with Gasteiger partial charge in [0.25, 0.3) is 0 Å². The Kier molecular flexibility index (Phi) is 6.54. The number of nitrogens with one attached hydrogen (secondary N) is 2. The van der Waals surface area contributed by atoms with Gasteiger partial charge in [0.2, 0.25) is 10.0 Å². The summed E-state index contributed by atoms with van der Waals surface area (Å²) in [5.41, 5.74) is 0.561. The molecule has 0 aliphatic carbocycles. The molecular weight excluding hydrogens is 281 g/mol. The Bertz CT molecular complexity index is 532. The first-order valence-corrected chi connectivity index (χ1v) is 7.98. The Morgan fingerprint density at radius 2 is 2.00 bits per heavy atom. The van der Waals surface area contributed by atoms with E-state index in [1.165, 1.54) is 12.1 Å². The molecule has 7 heteroatoms. The van der Waals surface area contributed by atoms with Gasteiger partial charge in [-0.1, -0.05) is 13.0 Å². The fourth-order valence-electron chi connectivity index (χ4n) is 1.67. The van der Waals surface area contributed by atoms with Crippen molar-refractivity contribution in [1.29, 1.82) is 0 Å². The van der Waals surface area contributed by atoms with Crippen LogP contribution in [0.1, 0.15) is 12.5 Å². The lowest BCUT2D eigenvalue weighted by atomic mass is 10.2. The number of rotatable bonds is 8. The molecule has 0 heterocycles. The maximum atomic E-state index is 13.3. The number of sulfonamides is 1. The van der Waals surface area contributed by atoms with Crippen LogP contribution in [0.25, 0.3) is 0 Å². The van der Waals surface area contributed by atoms with Gasteiger partial charge in [0.1, 0.15) is 5.82 Å². The molecule has 0 radical (unpaired) electrons. The topological polar surface area (TPSA) is 61.4 Å². The summed E-state index contributed by atoms with van der Waals surface area (Å²) in [6.07, 6.45) is 0. The molecule has 0 aliphatic heterocycles. The van der Waals surface area contributed by atoms with Crippen LogP contribution in [0.15, 0.2) is 23.1 Å². The molecule has 2 N–H and O–H groups in total. The Morgan fingerprint density at radius 1 is 1.30 bits per heavy atom. The minimum Gasteiger partial charge on any atom is -0.313 e. The number of likely N-dealkylation sites (N-methyl/N-ethyl adjacent to an activating group) is 1. The molecule has 1 rings (SSSR count). The van der Waals surface area contributed by atoms with Crippen LogP contribution in [0.5, 0.6) is 0 Å². The van der Waals surface area contributed by atoms with Crippen LogP contribution in [0.2, 0.25) is 0 Å². The van der Waals surface area contributed by atoms with E-state index in [0.717, 1.165) is 6.07 Å². The van der Waals surface area contributed by atoms with Gasteiger partial charge in [-0.2, -0.15) is 0 Å². The molecule has 0 unspecified atom stereocenters. The van der Waals surface area contributed by atoms with Crippen LogP contribution in [0.4, 0.5) is 4.39 Å². The van der Waals surface area contributed by atoms with Gasteiger partial charge in [0.15, 0.2) is 0 Å². The fourth-order valence-corrected chi connectivity index (χ4v) is 2.93. The van der Waals surface area contributed by atoms with Crippen molar-refractivity contribution in [2.75, 3.05) is 33.7 Å². The zero-order valence-corrected chi connectivity index (χ0v) is 12.9. The van der Waals surface area contributed by atoms with E-state index in [-0.39, 0.29) is 11.4 Å². The minimum absolute atomic E-state index is 0.00259. The molecular formula is C13H22FN3O2S. The van der Waals surface area contributed by atoms with E-state index < -0.39 is 15.8 Å². The third-order valence-electron chi connectivity index (χ3n) is 2.74. The van der Waals surface area contributed by atoms with Gasteiger partial charge < -0.3 is 10.2 Å². The van der Waals surface area contributed by atoms with Gasteiger partial charge in [0.05, 0.1) is 4.90 Å². The van der Waals surface area contributed by atoms with Gasteiger partial charge in [-0.25, -0.2) is 17.5 Å². The third kappa shape index (κ3) is 5.16. The first-order valence-electron chi connectivity index (χ1n) is 6.50. The van der Waals surface area contributed by atoms with E-state index in [1.807, 2.05) is 25.9 Å². The van der Waals surface area contributed by atoms with E-state index in [0.29, 0.717) is 25.2 Å². The molecule has 0 saturated heterocycles. The second-order valence-electron chi connectivity index (χ2n) is 4.73. The number of benzene rings is 1. The average Bonchev–Trinajstić information content (AvgIpc) is 2.36. The van der Waals surface area contributed by atoms with Crippen molar-refractivity contribution in [3.63, 3.8) is 0 Å². The highest BCUT2D eigenvalue weighted by molar-refractivity contribution is 7.89. The second-order valence-corrected chi connectivity index (χ2v) is 6.47. The van der Waals surface area contributed by atoms with Crippen molar-refractivity contribution in [1.82, 2.24) is 14.9 Å². The predicted octanol–water partition coefficient (Wildman–Crippen LogP) is 0.775. The van der Waals surface area contributed by atoms with Gasteiger partial charge in [-0.05, 0) is 38.3 Å². The molecule has 0 aliphatic rings. The largest absolute Gasteiger partial charge is 0.313 e. The predicted molar refractivity (Wildman–Crippen MR) is 77.5 cm³/mol. The number of nitrogens with zero attached hydrogens (tertiary/aromatic N) is 1. The molecule has 0 spiro atoms. The molecule has 20 heavy (non-hydrogen) atoms. The Balaban J connectivity index is 2.94. The Morgan fingerprint density at radius 3 is 2.60 bits per heavy atom. The van der Waals surface area contributed by atoms with Crippen LogP contribution >= 0.6 is 0 Å². The molecule has 0 amide bonds. The molecule has 0 fully saturated rings. The van der Waals surface area contributed by atoms with Crippen LogP contribution < -0.4 is 10.0 Å². The Labute approximate surface area is 120 Å². The van der Waals surface area contributed by atoms with Crippen molar-refractivity contribution in [2.45, 2.75) is 18.4 Å². The van der Waals surface area contributed by atoms with Gasteiger partial charge in [-0.3, -0.25) is 0 Å². The van der Waals surface area contributed by atoms with Crippen molar-refractivity contribution in [2.24, 2.45) is 0 Å². The van der Waals surface area contributed by atoms with E-state index >= 15 is 0 Å². The highest BCUT2D eigenvalue weighted by atomic mass is 32.2. The van der Waals surface area contributed by atoms with Gasteiger partial charge in [0, 0.05) is 19.6 Å². The lowest BCUT2D eigenvalue weighted by molar-refractivity contribution is 0.412. The molecule has 5 nitrogen and oxygen atoms in total. The van der Waals surface area contributed by atoms with Crippen molar-refractivity contribution >= 4 is 10.0 Å². The third-order valence-corrected chi connectivity index (χ3v) is 4.28. The lowest BCUT2D eigenvalue weighted by Crippen LogP contribution is -2.32. The monoisotopic (exact) mass is 303 g/mol. The summed E-state index contributed by atoms with van der Waals surface area (Å²) < 4.78 is 40.3. The van der Waals surface area contributed by atoms with Crippen LogP contribution in [-0.4, -0.2) is 47.0 Å². The summed E-state index contributed by atoms with van der Waals surface area (Å²) in [5, 5.41) is 3.05. The molecule has 114 valence electrons. The molecule has 1 aromatic rings. The maximum Gasteiger partial charge on any atom is 0.241 e. The van der Waals surface area contributed by atoms with E-state index in [2.05, 4.69) is 10.0 Å². The number of hydrogen-bond donors (Lipinski definition) is 2. The SMILES string of the molecule is CCNCc1ccc(F)cc1S(=O)(=O)NCCN(C)C. The second kappa shape index (κ2) is 7.68. The van der Waals surface area contributed by atoms with Crippen LogP contribution in [0, 0.1) is 5.82 Å². The summed E-state index contributed by atoms with van der Waals surface area (Å²) in [6, 6.07) is 3.83. The molecule has 1 aromatic carbocycles. The molecule has 0 bridgehead atoms. The fraction of sp³-hybridized carbons (Fsp3) is 0.538. The summed E-state index contributed by atoms with van der Waals surface area (Å²) in [4.78, 5) is 1.87. The quantitative estimate of drug-likeness (QED) is 0.745. The normalized spacial score (nSPS) is 12.1. The van der Waals surface area contributed by atoms with Crippen LogP contribution in [0.3, 0.4) is 0 Å². The molecule has 0 atom stereocenters. The zero-order valence-electron chi connectivity index (χ0n) is 12.1. The van der Waals surface area contributed by atoms with Crippen molar-refractivity contribution < 1.29 is 12.8 Å². The summed E-state index contributed by atoms with van der Waals surface area (Å²) in [7, 11) is 0.0123. The first kappa shape index (κ1) is 17.0. The van der Waals surface area contributed by atoms with Gasteiger partial charge >= 0.3 is 0 Å². The number of halogens is 1. The standard InChI is InChI=1S/C13H22FN3O2S/c1-4-15-10-11-5-6-12(14)9-13(11)20(18,19)16-7-8-17(2)3/h5-6,9,15-16H,4,7-8,10H2,1-3H3. The summed E-state index contributed by atoms with van der Waals surface area (Å²) in [5.74, 6) is -0.557. The summed E-state index contributed by atoms with van der Waals surface area (Å²) in [6.45, 7) is 3.89. The maximum absolute atomic E-state index is 13.3. The Hall–Kier alpha value is -1.02. The van der Waals surface area contributed by atoms with E-state index in [9.17, 15) is 12.8 Å². The number of hydrogen-bond acceptors (Lipinski definition) is 4. The average molecular weight is 303 g/mol.